The van der Waals surface area contributed by atoms with Gasteiger partial charge in [-0.25, -0.2) is 0 Å². The number of halogens is 1. The van der Waals surface area contributed by atoms with E-state index in [4.69, 9.17) is 11.6 Å². The van der Waals surface area contributed by atoms with Gasteiger partial charge in [0, 0.05) is 23.3 Å². The number of rotatable bonds is 5. The zero-order chi connectivity index (χ0) is 21.8. The van der Waals surface area contributed by atoms with Crippen molar-refractivity contribution in [2.75, 3.05) is 17.2 Å². The van der Waals surface area contributed by atoms with Crippen molar-refractivity contribution < 1.29 is 19.2 Å². The Morgan fingerprint density at radius 3 is 2.37 bits per heavy atom. The Labute approximate surface area is 182 Å². The first-order chi connectivity index (χ1) is 14.2. The van der Waals surface area contributed by atoms with Crippen LogP contribution in [-0.2, 0) is 14.4 Å². The summed E-state index contributed by atoms with van der Waals surface area (Å²) in [4.78, 5) is 49.3. The van der Waals surface area contributed by atoms with Crippen LogP contribution in [0.25, 0.3) is 6.08 Å². The molecule has 2 aromatic carbocycles. The molecule has 1 aliphatic heterocycles. The van der Waals surface area contributed by atoms with Gasteiger partial charge in [0.05, 0.1) is 4.91 Å². The molecule has 3 rings (SSSR count). The van der Waals surface area contributed by atoms with E-state index in [9.17, 15) is 19.2 Å². The number of amides is 4. The zero-order valence-electron chi connectivity index (χ0n) is 16.2. The Morgan fingerprint density at radius 1 is 1.07 bits per heavy atom. The van der Waals surface area contributed by atoms with Gasteiger partial charge in [-0.05, 0) is 60.2 Å². The number of hydrogen-bond acceptors (Lipinski definition) is 5. The number of thioether (sulfide) groups is 1. The summed E-state index contributed by atoms with van der Waals surface area (Å²) < 4.78 is 0. The van der Waals surface area contributed by atoms with Gasteiger partial charge < -0.3 is 10.6 Å². The molecule has 0 aliphatic carbocycles. The van der Waals surface area contributed by atoms with Crippen molar-refractivity contribution in [3.8, 4) is 0 Å². The summed E-state index contributed by atoms with van der Waals surface area (Å²) in [6.45, 7) is 2.86. The molecule has 0 bridgehead atoms. The van der Waals surface area contributed by atoms with Crippen molar-refractivity contribution in [3.05, 3.63) is 63.5 Å². The molecular formula is C21H18ClN3O4S. The number of nitrogens with zero attached hydrogens (tertiary/aromatic N) is 1. The molecule has 0 unspecified atom stereocenters. The van der Waals surface area contributed by atoms with E-state index in [2.05, 4.69) is 10.6 Å². The monoisotopic (exact) mass is 443 g/mol. The van der Waals surface area contributed by atoms with E-state index in [1.165, 1.54) is 6.92 Å². The Kier molecular flexibility index (Phi) is 6.59. The average Bonchev–Trinajstić information content (AvgIpc) is 2.93. The molecule has 2 N–H and O–H groups in total. The number of anilines is 2. The average molecular weight is 444 g/mol. The first kappa shape index (κ1) is 21.6. The van der Waals surface area contributed by atoms with Crippen LogP contribution < -0.4 is 10.6 Å². The third kappa shape index (κ3) is 5.28. The van der Waals surface area contributed by atoms with Gasteiger partial charge in [-0.1, -0.05) is 29.8 Å². The van der Waals surface area contributed by atoms with E-state index in [-0.39, 0.29) is 10.8 Å². The number of imide groups is 1. The molecule has 0 saturated carbocycles. The zero-order valence-corrected chi connectivity index (χ0v) is 17.8. The quantitative estimate of drug-likeness (QED) is 0.672. The first-order valence-electron chi connectivity index (χ1n) is 8.92. The number of nitrogens with one attached hydrogen (secondary N) is 2. The molecule has 0 spiro atoms. The number of aryl methyl sites for hydroxylation is 1. The highest BCUT2D eigenvalue weighted by Crippen LogP contribution is 2.32. The van der Waals surface area contributed by atoms with E-state index in [0.717, 1.165) is 22.2 Å². The summed E-state index contributed by atoms with van der Waals surface area (Å²) in [5.74, 6) is -1.22. The largest absolute Gasteiger partial charge is 0.326 e. The molecule has 0 atom stereocenters. The Bertz CT molecular complexity index is 1070. The second-order valence-electron chi connectivity index (χ2n) is 6.58. The van der Waals surface area contributed by atoms with Crippen molar-refractivity contribution in [2.24, 2.45) is 0 Å². The molecule has 1 saturated heterocycles. The maximum absolute atomic E-state index is 12.6. The summed E-state index contributed by atoms with van der Waals surface area (Å²) in [5.41, 5.74) is 2.67. The van der Waals surface area contributed by atoms with Crippen molar-refractivity contribution in [3.63, 3.8) is 0 Å². The molecule has 30 heavy (non-hydrogen) atoms. The van der Waals surface area contributed by atoms with Crippen LogP contribution in [0.3, 0.4) is 0 Å². The van der Waals surface area contributed by atoms with Gasteiger partial charge in [0.1, 0.15) is 6.54 Å². The lowest BCUT2D eigenvalue weighted by molar-refractivity contribution is -0.127. The summed E-state index contributed by atoms with van der Waals surface area (Å²) >= 11 is 6.81. The Morgan fingerprint density at radius 2 is 1.73 bits per heavy atom. The van der Waals surface area contributed by atoms with Crippen molar-refractivity contribution in [2.45, 2.75) is 13.8 Å². The van der Waals surface area contributed by atoms with Crippen LogP contribution in [0.5, 0.6) is 0 Å². The molecule has 154 valence electrons. The van der Waals surface area contributed by atoms with Crippen molar-refractivity contribution in [1.82, 2.24) is 4.90 Å². The SMILES string of the molecule is CC(=O)Nc1ccc(/C=C2\SC(=O)N(CC(=O)Nc3ccc(C)c(Cl)c3)C2=O)cc1. The molecule has 1 heterocycles. The smallest absolute Gasteiger partial charge is 0.294 e. The maximum atomic E-state index is 12.6. The van der Waals surface area contributed by atoms with Gasteiger partial charge in [0.25, 0.3) is 11.1 Å². The first-order valence-corrected chi connectivity index (χ1v) is 10.1. The standard InChI is InChI=1S/C21H18ClN3O4S/c1-12-3-6-16(10-17(12)22)24-19(27)11-25-20(28)18(30-21(25)29)9-14-4-7-15(8-5-14)23-13(2)26/h3-10H,11H2,1-2H3,(H,23,26)(H,24,27)/b18-9-. The van der Waals surface area contributed by atoms with Crippen LogP contribution in [0, 0.1) is 6.92 Å². The van der Waals surface area contributed by atoms with Crippen LogP contribution in [0.15, 0.2) is 47.4 Å². The van der Waals surface area contributed by atoms with Gasteiger partial charge in [0.15, 0.2) is 0 Å². The van der Waals surface area contributed by atoms with Crippen molar-refractivity contribution >= 4 is 63.8 Å². The molecule has 1 aliphatic rings. The predicted molar refractivity (Wildman–Crippen MR) is 118 cm³/mol. The summed E-state index contributed by atoms with van der Waals surface area (Å²) in [5, 5.41) is 5.27. The molecule has 9 heteroatoms. The van der Waals surface area contributed by atoms with E-state index in [1.54, 1.807) is 48.5 Å². The van der Waals surface area contributed by atoms with Gasteiger partial charge in [-0.3, -0.25) is 24.1 Å². The van der Waals surface area contributed by atoms with Crippen LogP contribution in [0.4, 0.5) is 16.2 Å². The van der Waals surface area contributed by atoms with E-state index >= 15 is 0 Å². The normalized spacial score (nSPS) is 14.9. The fourth-order valence-electron chi connectivity index (χ4n) is 2.67. The summed E-state index contributed by atoms with van der Waals surface area (Å²) in [6, 6.07) is 11.9. The Hall–Kier alpha value is -3.10. The Balaban J connectivity index is 1.66. The van der Waals surface area contributed by atoms with Crippen molar-refractivity contribution in [1.29, 1.82) is 0 Å². The van der Waals surface area contributed by atoms with Gasteiger partial charge >= 0.3 is 0 Å². The van der Waals surface area contributed by atoms with Crippen LogP contribution >= 0.6 is 23.4 Å². The minimum atomic E-state index is -0.534. The molecule has 0 radical (unpaired) electrons. The highest BCUT2D eigenvalue weighted by atomic mass is 35.5. The third-order valence-electron chi connectivity index (χ3n) is 4.16. The predicted octanol–water partition coefficient (Wildman–Crippen LogP) is 4.28. The molecule has 1 fully saturated rings. The van der Waals surface area contributed by atoms with Gasteiger partial charge in [0.2, 0.25) is 11.8 Å². The lowest BCUT2D eigenvalue weighted by Crippen LogP contribution is -2.36. The highest BCUT2D eigenvalue weighted by Gasteiger charge is 2.36. The fraction of sp³-hybridized carbons (Fsp3) is 0.143. The number of benzene rings is 2. The van der Waals surface area contributed by atoms with Gasteiger partial charge in [-0.15, -0.1) is 0 Å². The molecular weight excluding hydrogens is 426 g/mol. The number of hydrogen-bond donors (Lipinski definition) is 2. The molecule has 2 aromatic rings. The lowest BCUT2D eigenvalue weighted by Gasteiger charge is -2.13. The van der Waals surface area contributed by atoms with Gasteiger partial charge in [-0.2, -0.15) is 0 Å². The van der Waals surface area contributed by atoms with E-state index < -0.39 is 23.6 Å². The van der Waals surface area contributed by atoms with Crippen LogP contribution in [0.2, 0.25) is 5.02 Å². The van der Waals surface area contributed by atoms with Crippen LogP contribution in [0.1, 0.15) is 18.1 Å². The number of carbonyl (C=O) groups is 4. The maximum Gasteiger partial charge on any atom is 0.294 e. The topological polar surface area (TPSA) is 95.6 Å². The molecule has 0 aromatic heterocycles. The second kappa shape index (κ2) is 9.15. The van der Waals surface area contributed by atoms with Crippen LogP contribution in [-0.4, -0.2) is 34.4 Å². The highest BCUT2D eigenvalue weighted by molar-refractivity contribution is 8.18. The second-order valence-corrected chi connectivity index (χ2v) is 7.98. The molecule has 7 nitrogen and oxygen atoms in total. The third-order valence-corrected chi connectivity index (χ3v) is 5.47. The summed E-state index contributed by atoms with van der Waals surface area (Å²) in [7, 11) is 0. The summed E-state index contributed by atoms with van der Waals surface area (Å²) in [6.07, 6.45) is 1.57. The minimum Gasteiger partial charge on any atom is -0.326 e. The fourth-order valence-corrected chi connectivity index (χ4v) is 3.69. The molecule has 4 amide bonds. The number of carbonyl (C=O) groups excluding carboxylic acids is 4. The van der Waals surface area contributed by atoms with E-state index in [1.807, 2.05) is 6.92 Å². The lowest BCUT2D eigenvalue weighted by atomic mass is 10.2. The minimum absolute atomic E-state index is 0.185. The van der Waals surface area contributed by atoms with E-state index in [0.29, 0.717) is 22.0 Å².